The number of hydrogen-bond acceptors (Lipinski definition) is 1. The van der Waals surface area contributed by atoms with E-state index in [1.807, 2.05) is 24.3 Å². The molecule has 0 aromatic heterocycles. The number of rotatable bonds is 3. The second kappa shape index (κ2) is 5.67. The summed E-state index contributed by atoms with van der Waals surface area (Å²) in [5.74, 6) is 0.807. The van der Waals surface area contributed by atoms with E-state index in [2.05, 4.69) is 28.2 Å². The van der Waals surface area contributed by atoms with Crippen LogP contribution >= 0.6 is 15.9 Å². The quantitative estimate of drug-likeness (QED) is 0.850. The third-order valence-electron chi connectivity index (χ3n) is 3.40. The highest BCUT2D eigenvalue weighted by atomic mass is 79.9. The lowest BCUT2D eigenvalue weighted by atomic mass is 10.1. The largest absolute Gasteiger partial charge is 0.349 e. The van der Waals surface area contributed by atoms with E-state index in [4.69, 9.17) is 0 Å². The number of alkyl halides is 1. The van der Waals surface area contributed by atoms with Gasteiger partial charge in [0, 0.05) is 16.9 Å². The fraction of sp³-hybridized carbons (Fsp3) is 0.500. The minimum absolute atomic E-state index is 0.0604. The Morgan fingerprint density at radius 1 is 1.35 bits per heavy atom. The molecule has 1 aliphatic rings. The summed E-state index contributed by atoms with van der Waals surface area (Å²) in [5.41, 5.74) is 1.95. The van der Waals surface area contributed by atoms with Crippen LogP contribution in [0.3, 0.4) is 0 Å². The van der Waals surface area contributed by atoms with Gasteiger partial charge in [-0.3, -0.25) is 4.79 Å². The maximum absolute atomic E-state index is 12.0. The van der Waals surface area contributed by atoms with Crippen LogP contribution in [-0.4, -0.2) is 11.9 Å². The van der Waals surface area contributed by atoms with Crippen molar-refractivity contribution in [3.8, 4) is 0 Å². The maximum atomic E-state index is 12.0. The Balaban J connectivity index is 1.94. The highest BCUT2D eigenvalue weighted by Gasteiger charge is 2.22. The Morgan fingerprint density at radius 3 is 2.59 bits per heavy atom. The van der Waals surface area contributed by atoms with Crippen molar-refractivity contribution < 1.29 is 4.79 Å². The molecule has 1 aromatic carbocycles. The van der Waals surface area contributed by atoms with Gasteiger partial charge in [0.15, 0.2) is 0 Å². The molecule has 1 saturated carbocycles. The summed E-state index contributed by atoms with van der Waals surface area (Å²) in [4.78, 5) is 12.0. The van der Waals surface area contributed by atoms with Gasteiger partial charge in [0.05, 0.1) is 0 Å². The minimum Gasteiger partial charge on any atom is -0.349 e. The van der Waals surface area contributed by atoms with Crippen molar-refractivity contribution in [2.45, 2.75) is 37.6 Å². The van der Waals surface area contributed by atoms with Gasteiger partial charge in [0.1, 0.15) is 0 Å². The molecule has 0 radical (unpaired) electrons. The van der Waals surface area contributed by atoms with E-state index in [0.29, 0.717) is 6.04 Å². The molecule has 2 atom stereocenters. The van der Waals surface area contributed by atoms with E-state index in [-0.39, 0.29) is 5.91 Å². The standard InChI is InChI=1S/C14H18BrNO/c1-10-2-7-13(8-10)16-14(17)12-5-3-11(9-15)4-6-12/h3-6,10,13H,2,7-9H2,1H3,(H,16,17). The fourth-order valence-electron chi connectivity index (χ4n) is 2.35. The number of halogens is 1. The number of amides is 1. The Morgan fingerprint density at radius 2 is 2.06 bits per heavy atom. The lowest BCUT2D eigenvalue weighted by Crippen LogP contribution is -2.32. The molecule has 0 bridgehead atoms. The Labute approximate surface area is 111 Å². The third kappa shape index (κ3) is 3.32. The first-order valence-electron chi connectivity index (χ1n) is 6.15. The molecular formula is C14H18BrNO. The molecule has 17 heavy (non-hydrogen) atoms. The molecule has 1 N–H and O–H groups in total. The van der Waals surface area contributed by atoms with Crippen LogP contribution in [0.1, 0.15) is 42.1 Å². The van der Waals surface area contributed by atoms with Crippen LogP contribution in [-0.2, 0) is 5.33 Å². The van der Waals surface area contributed by atoms with Crippen molar-refractivity contribution in [2.75, 3.05) is 0 Å². The van der Waals surface area contributed by atoms with Crippen LogP contribution < -0.4 is 5.32 Å². The molecule has 0 aliphatic heterocycles. The van der Waals surface area contributed by atoms with Gasteiger partial charge in [-0.05, 0) is 42.9 Å². The monoisotopic (exact) mass is 295 g/mol. The highest BCUT2D eigenvalue weighted by Crippen LogP contribution is 2.24. The van der Waals surface area contributed by atoms with E-state index in [0.717, 1.165) is 29.7 Å². The summed E-state index contributed by atoms with van der Waals surface area (Å²) in [6.45, 7) is 2.25. The summed E-state index contributed by atoms with van der Waals surface area (Å²) in [5, 5.41) is 3.94. The summed E-state index contributed by atoms with van der Waals surface area (Å²) < 4.78 is 0. The van der Waals surface area contributed by atoms with Gasteiger partial charge in [-0.1, -0.05) is 35.0 Å². The van der Waals surface area contributed by atoms with Crippen molar-refractivity contribution >= 4 is 21.8 Å². The summed E-state index contributed by atoms with van der Waals surface area (Å²) in [6, 6.07) is 8.13. The van der Waals surface area contributed by atoms with Gasteiger partial charge in [-0.2, -0.15) is 0 Å². The summed E-state index contributed by atoms with van der Waals surface area (Å²) in [6.07, 6.45) is 3.46. The van der Waals surface area contributed by atoms with Gasteiger partial charge >= 0.3 is 0 Å². The lowest BCUT2D eigenvalue weighted by Gasteiger charge is -2.12. The zero-order valence-corrected chi connectivity index (χ0v) is 11.7. The molecule has 1 aliphatic carbocycles. The normalized spacial score (nSPS) is 23.6. The zero-order chi connectivity index (χ0) is 12.3. The lowest BCUT2D eigenvalue weighted by molar-refractivity contribution is 0.0937. The number of hydrogen-bond donors (Lipinski definition) is 1. The predicted molar refractivity (Wildman–Crippen MR) is 73.3 cm³/mol. The van der Waals surface area contributed by atoms with Crippen LogP contribution in [0.5, 0.6) is 0 Å². The van der Waals surface area contributed by atoms with E-state index < -0.39 is 0 Å². The number of carbonyl (C=O) groups excluding carboxylic acids is 1. The first-order valence-corrected chi connectivity index (χ1v) is 7.27. The van der Waals surface area contributed by atoms with Crippen LogP contribution in [0, 0.1) is 5.92 Å². The molecule has 2 unspecified atom stereocenters. The number of nitrogens with one attached hydrogen (secondary N) is 1. The van der Waals surface area contributed by atoms with Crippen LogP contribution in [0.4, 0.5) is 0 Å². The number of carbonyl (C=O) groups is 1. The molecule has 0 heterocycles. The maximum Gasteiger partial charge on any atom is 0.251 e. The van der Waals surface area contributed by atoms with E-state index in [1.165, 1.54) is 12.0 Å². The Kier molecular flexibility index (Phi) is 4.21. The second-order valence-corrected chi connectivity index (χ2v) is 5.48. The average Bonchev–Trinajstić information content (AvgIpc) is 2.75. The summed E-state index contributed by atoms with van der Waals surface area (Å²) >= 11 is 3.40. The molecule has 0 spiro atoms. The summed E-state index contributed by atoms with van der Waals surface area (Å²) in [7, 11) is 0. The molecule has 0 saturated heterocycles. The van der Waals surface area contributed by atoms with Gasteiger partial charge in [0.25, 0.3) is 5.91 Å². The van der Waals surface area contributed by atoms with Gasteiger partial charge in [-0.15, -0.1) is 0 Å². The van der Waals surface area contributed by atoms with Crippen molar-refractivity contribution in [3.05, 3.63) is 35.4 Å². The van der Waals surface area contributed by atoms with Crippen molar-refractivity contribution in [1.29, 1.82) is 0 Å². The SMILES string of the molecule is CC1CCC(NC(=O)c2ccc(CBr)cc2)C1. The third-order valence-corrected chi connectivity index (χ3v) is 4.05. The molecule has 3 heteroatoms. The van der Waals surface area contributed by atoms with Crippen LogP contribution in [0.25, 0.3) is 0 Å². The number of benzene rings is 1. The first-order chi connectivity index (χ1) is 8.19. The smallest absolute Gasteiger partial charge is 0.251 e. The van der Waals surface area contributed by atoms with Crippen molar-refractivity contribution in [3.63, 3.8) is 0 Å². The topological polar surface area (TPSA) is 29.1 Å². The molecule has 2 rings (SSSR count). The predicted octanol–water partition coefficient (Wildman–Crippen LogP) is 3.50. The van der Waals surface area contributed by atoms with E-state index in [1.54, 1.807) is 0 Å². The average molecular weight is 296 g/mol. The van der Waals surface area contributed by atoms with Crippen molar-refractivity contribution in [1.82, 2.24) is 5.32 Å². The Hall–Kier alpha value is -0.830. The molecular weight excluding hydrogens is 278 g/mol. The fourth-order valence-corrected chi connectivity index (χ4v) is 2.73. The molecule has 1 amide bonds. The zero-order valence-electron chi connectivity index (χ0n) is 10.1. The van der Waals surface area contributed by atoms with E-state index in [9.17, 15) is 4.79 Å². The molecule has 1 aromatic rings. The Bertz CT molecular complexity index is 388. The van der Waals surface area contributed by atoms with Crippen LogP contribution in [0.2, 0.25) is 0 Å². The second-order valence-electron chi connectivity index (χ2n) is 4.92. The highest BCUT2D eigenvalue weighted by molar-refractivity contribution is 9.08. The molecule has 92 valence electrons. The molecule has 1 fully saturated rings. The van der Waals surface area contributed by atoms with E-state index >= 15 is 0 Å². The molecule has 2 nitrogen and oxygen atoms in total. The van der Waals surface area contributed by atoms with Gasteiger partial charge < -0.3 is 5.32 Å². The van der Waals surface area contributed by atoms with Crippen molar-refractivity contribution in [2.24, 2.45) is 5.92 Å². The van der Waals surface area contributed by atoms with Gasteiger partial charge in [-0.25, -0.2) is 0 Å². The van der Waals surface area contributed by atoms with Gasteiger partial charge in [0.2, 0.25) is 0 Å². The minimum atomic E-state index is 0.0604. The van der Waals surface area contributed by atoms with Crippen LogP contribution in [0.15, 0.2) is 24.3 Å². The first kappa shape index (κ1) is 12.6.